The Bertz CT molecular complexity index is 1660. The Morgan fingerprint density at radius 3 is 2.62 bits per heavy atom. The summed E-state index contributed by atoms with van der Waals surface area (Å²) in [7, 11) is 1.55. The normalized spacial score (nSPS) is 10.8. The first kappa shape index (κ1) is 32.9. The van der Waals surface area contributed by atoms with Gasteiger partial charge >= 0.3 is 0 Å². The molecule has 0 radical (unpaired) electrons. The lowest BCUT2D eigenvalue weighted by molar-refractivity contribution is -0.122. The van der Waals surface area contributed by atoms with E-state index in [0.29, 0.717) is 39.1 Å². The first-order valence-corrected chi connectivity index (χ1v) is 13.8. The Hall–Kier alpha value is -3.64. The third-order valence-corrected chi connectivity index (χ3v) is 7.65. The van der Waals surface area contributed by atoms with Crippen LogP contribution in [0.1, 0.15) is 23.7 Å². The second-order valence-corrected chi connectivity index (χ2v) is 10.4. The number of nitrogens with one attached hydrogen (secondary N) is 2. The fourth-order valence-corrected chi connectivity index (χ4v) is 4.75. The Balaban J connectivity index is 0.00000484. The quantitative estimate of drug-likeness (QED) is 0.212. The zero-order valence-corrected chi connectivity index (χ0v) is 26.6. The predicted molar refractivity (Wildman–Crippen MR) is 170 cm³/mol. The average molecular weight is 697 g/mol. The number of anilines is 2. The van der Waals surface area contributed by atoms with Gasteiger partial charge in [0.25, 0.3) is 0 Å². The number of carbonyl (C=O) groups is 3. The van der Waals surface area contributed by atoms with Crippen LogP contribution in [0.2, 0.25) is 10.0 Å². The number of fused-ring (bicyclic) bond motifs is 1. The van der Waals surface area contributed by atoms with E-state index in [4.69, 9.17) is 27.9 Å². The Morgan fingerprint density at radius 1 is 1.17 bits per heavy atom. The van der Waals surface area contributed by atoms with Gasteiger partial charge < -0.3 is 20.3 Å². The van der Waals surface area contributed by atoms with Crippen molar-refractivity contribution in [2.24, 2.45) is 0 Å². The molecule has 0 atom stereocenters. The highest BCUT2D eigenvalue weighted by atomic mass is 79.9. The van der Waals surface area contributed by atoms with E-state index in [0.717, 1.165) is 10.3 Å². The second kappa shape index (κ2) is 14.5. The molecular weight excluding hydrogens is 671 g/mol. The Morgan fingerprint density at radius 2 is 1.93 bits per heavy atom. The van der Waals surface area contributed by atoms with Gasteiger partial charge in [-0.3, -0.25) is 18.8 Å². The topological polar surface area (TPSA) is 118 Å². The van der Waals surface area contributed by atoms with Gasteiger partial charge in [-0.15, -0.1) is 12.4 Å². The lowest BCUT2D eigenvalue weighted by Crippen LogP contribution is -2.37. The molecule has 3 aromatic heterocycles. The van der Waals surface area contributed by atoms with Gasteiger partial charge in [-0.25, -0.2) is 9.97 Å². The van der Waals surface area contributed by atoms with E-state index in [2.05, 4.69) is 36.5 Å². The minimum Gasteiger partial charge on any atom is -0.485 e. The number of aryl methyl sites for hydroxylation is 1. The fourth-order valence-electron chi connectivity index (χ4n) is 3.77. The van der Waals surface area contributed by atoms with Crippen molar-refractivity contribution in [1.82, 2.24) is 19.7 Å². The van der Waals surface area contributed by atoms with Crippen LogP contribution in [0.25, 0.3) is 11.7 Å². The molecule has 0 saturated carbocycles. The number of carbonyl (C=O) groups excluding carboxylic acids is 3. The number of rotatable bonds is 9. The molecule has 2 N–H and O–H groups in total. The number of halogens is 4. The SMILES string of the molecule is CC(=O)Nc1ccc(/C=C/C(=O)NCC(=O)N(C)c2ccc(Cl)c(COc3cccn4c(Br)c(C)nc34)c2Cl)cn1.Cl. The summed E-state index contributed by atoms with van der Waals surface area (Å²) in [5.74, 6) is -0.151. The highest BCUT2D eigenvalue weighted by Crippen LogP contribution is 2.35. The molecule has 0 saturated heterocycles. The Kier molecular flexibility index (Phi) is 11.3. The van der Waals surface area contributed by atoms with E-state index in [9.17, 15) is 14.4 Å². The molecule has 220 valence electrons. The number of nitrogens with zero attached hydrogens (tertiary/aromatic N) is 4. The molecule has 0 spiro atoms. The van der Waals surface area contributed by atoms with Crippen LogP contribution in [0.5, 0.6) is 5.75 Å². The van der Waals surface area contributed by atoms with E-state index in [1.165, 1.54) is 24.1 Å². The van der Waals surface area contributed by atoms with E-state index in [-0.39, 0.29) is 36.5 Å². The van der Waals surface area contributed by atoms with Crippen molar-refractivity contribution in [3.05, 3.63) is 86.3 Å². The highest BCUT2D eigenvalue weighted by molar-refractivity contribution is 9.10. The first-order valence-electron chi connectivity index (χ1n) is 12.2. The van der Waals surface area contributed by atoms with Crippen molar-refractivity contribution in [2.75, 3.05) is 23.8 Å². The van der Waals surface area contributed by atoms with Crippen LogP contribution in [0.4, 0.5) is 11.5 Å². The molecule has 0 aliphatic carbocycles. The van der Waals surface area contributed by atoms with Crippen LogP contribution in [0.15, 0.2) is 59.5 Å². The maximum atomic E-state index is 12.9. The largest absolute Gasteiger partial charge is 0.485 e. The van der Waals surface area contributed by atoms with E-state index in [1.54, 1.807) is 43.5 Å². The van der Waals surface area contributed by atoms with Crippen LogP contribution in [0, 0.1) is 6.92 Å². The molecular formula is C28H26BrCl3N6O4. The third kappa shape index (κ3) is 7.80. The smallest absolute Gasteiger partial charge is 0.246 e. The zero-order valence-electron chi connectivity index (χ0n) is 22.7. The molecule has 10 nitrogen and oxygen atoms in total. The second-order valence-electron chi connectivity index (χ2n) is 8.86. The molecule has 0 fully saturated rings. The molecule has 0 aliphatic rings. The van der Waals surface area contributed by atoms with E-state index in [1.807, 2.05) is 23.6 Å². The van der Waals surface area contributed by atoms with Gasteiger partial charge in [0, 0.05) is 43.0 Å². The highest BCUT2D eigenvalue weighted by Gasteiger charge is 2.20. The summed E-state index contributed by atoms with van der Waals surface area (Å²) in [5, 5.41) is 5.75. The van der Waals surface area contributed by atoms with Gasteiger partial charge in [-0.05, 0) is 70.9 Å². The number of pyridine rings is 2. The van der Waals surface area contributed by atoms with Gasteiger partial charge in [0.1, 0.15) is 17.0 Å². The number of benzene rings is 1. The lowest BCUT2D eigenvalue weighted by atomic mass is 10.2. The third-order valence-electron chi connectivity index (χ3n) is 5.92. The average Bonchev–Trinajstić information content (AvgIpc) is 3.24. The van der Waals surface area contributed by atoms with Gasteiger partial charge in [0.05, 0.1) is 22.9 Å². The van der Waals surface area contributed by atoms with Gasteiger partial charge in [-0.2, -0.15) is 0 Å². The maximum absolute atomic E-state index is 12.9. The van der Waals surface area contributed by atoms with Gasteiger partial charge in [0.15, 0.2) is 11.4 Å². The molecule has 0 bridgehead atoms. The summed E-state index contributed by atoms with van der Waals surface area (Å²) in [6, 6.07) is 10.2. The molecule has 3 heterocycles. The summed E-state index contributed by atoms with van der Waals surface area (Å²) in [5.41, 5.74) is 3.01. The minimum absolute atomic E-state index is 0. The number of likely N-dealkylation sites (N-methyl/N-ethyl adjacent to an activating group) is 1. The minimum atomic E-state index is -0.469. The summed E-state index contributed by atoms with van der Waals surface area (Å²) in [6.45, 7) is 3.05. The molecule has 1 aromatic carbocycles. The summed E-state index contributed by atoms with van der Waals surface area (Å²) in [6.07, 6.45) is 6.20. The number of hydrogen-bond acceptors (Lipinski definition) is 6. The molecule has 0 aliphatic heterocycles. The predicted octanol–water partition coefficient (Wildman–Crippen LogP) is 5.86. The summed E-state index contributed by atoms with van der Waals surface area (Å²) < 4.78 is 8.72. The lowest BCUT2D eigenvalue weighted by Gasteiger charge is -2.21. The standard InChI is InChI=1S/C28H25BrCl2N6O4.ClH/c1-16-27(29)37-12-4-5-22(28(37)34-16)41-15-19-20(30)8-9-21(26(19)31)36(3)25(40)14-33-24(39)11-7-18-6-10-23(32-13-18)35-17(2)38;/h4-13H,14-15H2,1-3H3,(H,33,39)(H,32,35,38);1H/b11-7+;. The van der Waals surface area contributed by atoms with Crippen molar-refractivity contribution in [1.29, 1.82) is 0 Å². The van der Waals surface area contributed by atoms with Crippen LogP contribution >= 0.6 is 51.5 Å². The van der Waals surface area contributed by atoms with Crippen LogP contribution in [-0.2, 0) is 21.0 Å². The van der Waals surface area contributed by atoms with Crippen LogP contribution < -0.4 is 20.3 Å². The molecule has 4 rings (SSSR count). The van der Waals surface area contributed by atoms with E-state index < -0.39 is 11.8 Å². The van der Waals surface area contributed by atoms with Crippen molar-refractivity contribution in [3.63, 3.8) is 0 Å². The van der Waals surface area contributed by atoms with Crippen molar-refractivity contribution in [3.8, 4) is 5.75 Å². The van der Waals surface area contributed by atoms with Gasteiger partial charge in [-0.1, -0.05) is 23.2 Å². The number of ether oxygens (including phenoxy) is 1. The molecule has 14 heteroatoms. The van der Waals surface area contributed by atoms with Crippen molar-refractivity contribution < 1.29 is 19.1 Å². The number of imidazole rings is 1. The first-order chi connectivity index (χ1) is 19.5. The van der Waals surface area contributed by atoms with Crippen molar-refractivity contribution in [2.45, 2.75) is 20.5 Å². The number of aromatic nitrogens is 3. The van der Waals surface area contributed by atoms with Crippen LogP contribution in [-0.4, -0.2) is 45.7 Å². The molecule has 42 heavy (non-hydrogen) atoms. The zero-order chi connectivity index (χ0) is 29.7. The molecule has 3 amide bonds. The van der Waals surface area contributed by atoms with Crippen molar-refractivity contribution >= 4 is 92.5 Å². The number of hydrogen-bond donors (Lipinski definition) is 2. The molecule has 0 unspecified atom stereocenters. The maximum Gasteiger partial charge on any atom is 0.246 e. The monoisotopic (exact) mass is 694 g/mol. The summed E-state index contributed by atoms with van der Waals surface area (Å²) >= 11 is 16.6. The Labute approximate surface area is 266 Å². The fraction of sp³-hybridized carbons (Fsp3) is 0.179. The number of amides is 3. The molecule has 4 aromatic rings. The van der Waals surface area contributed by atoms with Crippen LogP contribution in [0.3, 0.4) is 0 Å². The van der Waals surface area contributed by atoms with Gasteiger partial charge in [0.2, 0.25) is 17.7 Å². The van der Waals surface area contributed by atoms with E-state index >= 15 is 0 Å². The summed E-state index contributed by atoms with van der Waals surface area (Å²) in [4.78, 5) is 46.2.